The van der Waals surface area contributed by atoms with Crippen molar-refractivity contribution in [2.24, 2.45) is 0 Å². The van der Waals surface area contributed by atoms with Crippen LogP contribution in [-0.4, -0.2) is 34.3 Å². The smallest absolute Gasteiger partial charge is 0.490 e. The number of carbonyl (C=O) groups is 1. The summed E-state index contributed by atoms with van der Waals surface area (Å²) in [5.74, 6) is -2.09. The monoisotopic (exact) mass is 443 g/mol. The molecule has 11 nitrogen and oxygen atoms in total. The van der Waals surface area contributed by atoms with Gasteiger partial charge >= 0.3 is 12.1 Å². The number of nitrogen functional groups attached to an aromatic ring is 2. The quantitative estimate of drug-likeness (QED) is 0.392. The molecular weight excluding hydrogens is 427 g/mol. The summed E-state index contributed by atoms with van der Waals surface area (Å²) in [5.41, 5.74) is 12.7. The number of ether oxygens (including phenoxy) is 2. The lowest BCUT2D eigenvalue weighted by molar-refractivity contribution is -0.385. The van der Waals surface area contributed by atoms with Crippen LogP contribution in [0, 0.1) is 21.4 Å². The molecule has 0 aliphatic carbocycles. The number of methoxy groups -OCH3 is 1. The van der Waals surface area contributed by atoms with Crippen LogP contribution in [0.5, 0.6) is 17.4 Å². The lowest BCUT2D eigenvalue weighted by atomic mass is 9.98. The van der Waals surface area contributed by atoms with E-state index in [4.69, 9.17) is 36.1 Å². The number of nitrogens with two attached hydrogens (primary N) is 2. The van der Waals surface area contributed by atoms with Crippen molar-refractivity contribution >= 4 is 23.2 Å². The third-order valence-corrected chi connectivity index (χ3v) is 3.80. The number of aliphatic carboxylic acids is 1. The molecule has 0 atom stereocenters. The number of hydrogen-bond acceptors (Lipinski definition) is 9. The number of alkyl halides is 3. The largest absolute Gasteiger partial charge is 0.493 e. The third-order valence-electron chi connectivity index (χ3n) is 3.80. The normalized spacial score (nSPS) is 11.2. The lowest BCUT2D eigenvalue weighted by Gasteiger charge is -2.23. The van der Waals surface area contributed by atoms with Gasteiger partial charge in [-0.3, -0.25) is 10.1 Å². The standard InChI is InChI=1S/C14H11N5O4.C2HF3O2.CH4/c1-22-10-4-7(19(20)21)2-6-3-8-11(16)9(5-15)13(17)18-14(8)23-12(6)10;3-2(4,5)1(6)7;/h2,4H,3H2,1H3,(H4,16,17,18);(H,6,7);1H4. The first-order chi connectivity index (χ1) is 13.9. The summed E-state index contributed by atoms with van der Waals surface area (Å²) in [5, 5.41) is 27.2. The number of rotatable bonds is 2. The van der Waals surface area contributed by atoms with Gasteiger partial charge in [0.1, 0.15) is 17.5 Å². The fraction of sp³-hybridized carbons (Fsp3) is 0.235. The van der Waals surface area contributed by atoms with E-state index < -0.39 is 17.1 Å². The van der Waals surface area contributed by atoms with Crippen molar-refractivity contribution in [3.05, 3.63) is 38.9 Å². The van der Waals surface area contributed by atoms with Gasteiger partial charge in [0.2, 0.25) is 5.88 Å². The van der Waals surface area contributed by atoms with E-state index in [9.17, 15) is 23.3 Å². The molecule has 0 bridgehead atoms. The number of nitriles is 1. The van der Waals surface area contributed by atoms with Crippen LogP contribution >= 0.6 is 0 Å². The summed E-state index contributed by atoms with van der Waals surface area (Å²) in [7, 11) is 1.38. The Kier molecular flexibility index (Phi) is 7.21. The highest BCUT2D eigenvalue weighted by molar-refractivity contribution is 5.74. The fourth-order valence-corrected chi connectivity index (χ4v) is 2.44. The van der Waals surface area contributed by atoms with Gasteiger partial charge < -0.3 is 26.0 Å². The van der Waals surface area contributed by atoms with E-state index in [-0.39, 0.29) is 48.2 Å². The second-order valence-electron chi connectivity index (χ2n) is 5.66. The molecule has 2 aromatic rings. The van der Waals surface area contributed by atoms with Gasteiger partial charge in [-0.2, -0.15) is 23.4 Å². The van der Waals surface area contributed by atoms with Crippen LogP contribution in [0.15, 0.2) is 12.1 Å². The number of nitro benzene ring substituents is 1. The average Bonchev–Trinajstić information content (AvgIpc) is 2.66. The zero-order valence-electron chi connectivity index (χ0n) is 15.0. The van der Waals surface area contributed by atoms with Crippen LogP contribution in [0.25, 0.3) is 0 Å². The summed E-state index contributed by atoms with van der Waals surface area (Å²) in [4.78, 5) is 23.4. The Morgan fingerprint density at radius 3 is 2.45 bits per heavy atom. The molecule has 1 aromatic heterocycles. The molecule has 1 aliphatic rings. The third kappa shape index (κ3) is 5.01. The number of fused-ring (bicyclic) bond motifs is 2. The predicted octanol–water partition coefficient (Wildman–Crippen LogP) is 3.00. The highest BCUT2D eigenvalue weighted by atomic mass is 19.4. The zero-order valence-corrected chi connectivity index (χ0v) is 15.0. The molecular formula is C17H16F3N5O6. The van der Waals surface area contributed by atoms with Gasteiger partial charge in [0.15, 0.2) is 11.5 Å². The van der Waals surface area contributed by atoms with Crippen molar-refractivity contribution in [2.75, 3.05) is 18.6 Å². The molecule has 0 unspecified atom stereocenters. The van der Waals surface area contributed by atoms with Gasteiger partial charge in [-0.05, 0) is 0 Å². The number of benzene rings is 1. The van der Waals surface area contributed by atoms with Gasteiger partial charge in [0.25, 0.3) is 5.69 Å². The van der Waals surface area contributed by atoms with E-state index in [1.165, 1.54) is 19.2 Å². The van der Waals surface area contributed by atoms with E-state index >= 15 is 0 Å². The molecule has 0 saturated heterocycles. The van der Waals surface area contributed by atoms with E-state index in [1.54, 1.807) is 0 Å². The minimum Gasteiger partial charge on any atom is -0.493 e. The van der Waals surface area contributed by atoms with E-state index in [0.717, 1.165) is 0 Å². The number of non-ortho nitro benzene ring substituents is 1. The second-order valence-corrected chi connectivity index (χ2v) is 5.66. The molecule has 14 heteroatoms. The molecule has 1 aromatic carbocycles. The molecule has 1 aliphatic heterocycles. The maximum Gasteiger partial charge on any atom is 0.490 e. The number of nitro groups is 1. The van der Waals surface area contributed by atoms with Crippen molar-refractivity contribution in [2.45, 2.75) is 20.0 Å². The van der Waals surface area contributed by atoms with E-state index in [1.807, 2.05) is 6.07 Å². The van der Waals surface area contributed by atoms with Crippen LogP contribution < -0.4 is 20.9 Å². The number of halogens is 3. The van der Waals surface area contributed by atoms with Crippen molar-refractivity contribution < 1.29 is 37.5 Å². The maximum absolute atomic E-state index is 11.0. The SMILES string of the molecule is C.COc1cc([N+](=O)[O-])cc2c1Oc1nc(N)c(C#N)c(N)c1C2.O=C(O)C(F)(F)F. The molecule has 0 saturated carbocycles. The minimum atomic E-state index is -5.08. The molecule has 0 spiro atoms. The molecule has 0 amide bonds. The van der Waals surface area contributed by atoms with Crippen molar-refractivity contribution in [3.8, 4) is 23.4 Å². The second kappa shape index (κ2) is 9.03. The zero-order chi connectivity index (χ0) is 22.8. The Labute approximate surface area is 172 Å². The predicted molar refractivity (Wildman–Crippen MR) is 101 cm³/mol. The van der Waals surface area contributed by atoms with Crippen molar-refractivity contribution in [1.82, 2.24) is 4.98 Å². The van der Waals surface area contributed by atoms with Gasteiger partial charge in [-0.1, -0.05) is 7.43 Å². The topological polar surface area (TPSA) is 188 Å². The maximum atomic E-state index is 11.0. The first kappa shape index (κ1) is 24.8. The fourth-order valence-electron chi connectivity index (χ4n) is 2.44. The first-order valence-electron chi connectivity index (χ1n) is 7.71. The average molecular weight is 443 g/mol. The van der Waals surface area contributed by atoms with Crippen LogP contribution in [0.4, 0.5) is 30.4 Å². The van der Waals surface area contributed by atoms with Crippen LogP contribution in [0.1, 0.15) is 24.1 Å². The number of pyridine rings is 1. The number of carboxylic acids is 1. The number of anilines is 2. The Bertz CT molecular complexity index is 1080. The van der Waals surface area contributed by atoms with Gasteiger partial charge in [-0.15, -0.1) is 0 Å². The lowest BCUT2D eigenvalue weighted by Crippen LogP contribution is -2.21. The van der Waals surface area contributed by atoms with Crippen LogP contribution in [0.2, 0.25) is 0 Å². The number of aromatic nitrogens is 1. The molecule has 5 N–H and O–H groups in total. The Morgan fingerprint density at radius 2 is 2.00 bits per heavy atom. The van der Waals surface area contributed by atoms with E-state index in [2.05, 4.69) is 4.98 Å². The minimum absolute atomic E-state index is 0. The Hall–Kier alpha value is -4.28. The van der Waals surface area contributed by atoms with Crippen molar-refractivity contribution in [1.29, 1.82) is 5.26 Å². The Balaban J connectivity index is 0.000000523. The van der Waals surface area contributed by atoms with Crippen molar-refractivity contribution in [3.63, 3.8) is 0 Å². The first-order valence-corrected chi connectivity index (χ1v) is 7.71. The highest BCUT2D eigenvalue weighted by Gasteiger charge is 2.38. The molecule has 0 fully saturated rings. The van der Waals surface area contributed by atoms with Gasteiger partial charge in [0, 0.05) is 23.6 Å². The number of carboxylic acid groups (broad SMARTS) is 1. The molecule has 31 heavy (non-hydrogen) atoms. The van der Waals surface area contributed by atoms with E-state index in [0.29, 0.717) is 16.9 Å². The van der Waals surface area contributed by atoms with Gasteiger partial charge in [-0.25, -0.2) is 4.79 Å². The summed E-state index contributed by atoms with van der Waals surface area (Å²) < 4.78 is 42.6. The summed E-state index contributed by atoms with van der Waals surface area (Å²) in [6, 6.07) is 4.53. The number of hydrogen-bond donors (Lipinski definition) is 3. The van der Waals surface area contributed by atoms with Crippen LogP contribution in [-0.2, 0) is 11.2 Å². The Morgan fingerprint density at radius 1 is 1.42 bits per heavy atom. The summed E-state index contributed by atoms with van der Waals surface area (Å²) in [6.07, 6.45) is -4.86. The van der Waals surface area contributed by atoms with Gasteiger partial charge in [0.05, 0.1) is 23.8 Å². The molecule has 166 valence electrons. The molecule has 3 rings (SSSR count). The summed E-state index contributed by atoms with van der Waals surface area (Å²) >= 11 is 0. The van der Waals surface area contributed by atoms with Crippen LogP contribution in [0.3, 0.4) is 0 Å². The number of nitrogens with zero attached hydrogens (tertiary/aromatic N) is 3. The molecule has 2 heterocycles. The molecule has 0 radical (unpaired) electrons. The summed E-state index contributed by atoms with van der Waals surface area (Å²) in [6.45, 7) is 0. The highest BCUT2D eigenvalue weighted by Crippen LogP contribution is 2.46.